The second-order valence-electron chi connectivity index (χ2n) is 8.56. The Hall–Kier alpha value is -2.89. The number of amides is 2. The van der Waals surface area contributed by atoms with Gasteiger partial charge in [0.2, 0.25) is 0 Å². The van der Waals surface area contributed by atoms with Crippen molar-refractivity contribution in [3.63, 3.8) is 0 Å². The molecule has 2 amide bonds. The van der Waals surface area contributed by atoms with Crippen LogP contribution in [0.1, 0.15) is 52.0 Å². The van der Waals surface area contributed by atoms with Gasteiger partial charge >= 0.3 is 0 Å². The van der Waals surface area contributed by atoms with Crippen LogP contribution in [0.5, 0.6) is 5.75 Å². The number of nitrogens with zero attached hydrogens (tertiary/aromatic N) is 2. The number of likely N-dealkylation sites (tertiary alicyclic amines) is 2. The zero-order valence-corrected chi connectivity index (χ0v) is 18.0. The number of benzene rings is 2. The highest BCUT2D eigenvalue weighted by Gasteiger charge is 2.26. The van der Waals surface area contributed by atoms with Crippen LogP contribution >= 0.6 is 0 Å². The normalized spacial score (nSPS) is 18.8. The molecule has 31 heavy (non-hydrogen) atoms. The molecular weight excluding hydrogens is 395 g/mol. The van der Waals surface area contributed by atoms with E-state index in [4.69, 9.17) is 4.74 Å². The van der Waals surface area contributed by atoms with E-state index in [9.17, 15) is 14.0 Å². The van der Waals surface area contributed by atoms with Crippen LogP contribution in [-0.2, 0) is 0 Å². The molecule has 0 radical (unpaired) electrons. The van der Waals surface area contributed by atoms with Crippen LogP contribution in [0.15, 0.2) is 42.5 Å². The van der Waals surface area contributed by atoms with E-state index in [1.165, 1.54) is 6.07 Å². The highest BCUT2D eigenvalue weighted by Crippen LogP contribution is 2.23. The van der Waals surface area contributed by atoms with Crippen molar-refractivity contribution >= 4 is 11.8 Å². The number of hydrogen-bond donors (Lipinski definition) is 0. The van der Waals surface area contributed by atoms with E-state index in [1.54, 1.807) is 24.0 Å². The maximum atomic E-state index is 13.9. The molecule has 2 aromatic carbocycles. The van der Waals surface area contributed by atoms with Gasteiger partial charge in [-0.3, -0.25) is 9.59 Å². The first kappa shape index (κ1) is 21.3. The van der Waals surface area contributed by atoms with E-state index >= 15 is 0 Å². The van der Waals surface area contributed by atoms with Gasteiger partial charge < -0.3 is 14.5 Å². The SMILES string of the molecule is Cc1ccc(C(=O)N2CCC[C@H](COc3cccc(C(=O)N4CCCC4)c3)C2)cc1F. The molecule has 2 fully saturated rings. The lowest BCUT2D eigenvalue weighted by atomic mass is 9.98. The van der Waals surface area contributed by atoms with Crippen LogP contribution in [0.3, 0.4) is 0 Å². The zero-order valence-electron chi connectivity index (χ0n) is 18.0. The fraction of sp³-hybridized carbons (Fsp3) is 0.440. The molecule has 164 valence electrons. The van der Waals surface area contributed by atoms with Gasteiger partial charge in [-0.05, 0) is 68.5 Å². The number of rotatable bonds is 5. The third-order valence-electron chi connectivity index (χ3n) is 6.18. The molecule has 1 atom stereocenters. The van der Waals surface area contributed by atoms with E-state index in [0.29, 0.717) is 42.1 Å². The van der Waals surface area contributed by atoms with E-state index in [1.807, 2.05) is 29.2 Å². The lowest BCUT2D eigenvalue weighted by Crippen LogP contribution is -2.41. The van der Waals surface area contributed by atoms with Crippen molar-refractivity contribution in [3.05, 3.63) is 65.0 Å². The predicted molar refractivity (Wildman–Crippen MR) is 117 cm³/mol. The third kappa shape index (κ3) is 5.06. The topological polar surface area (TPSA) is 49.9 Å². The number of halogens is 1. The molecule has 4 rings (SSSR count). The second-order valence-corrected chi connectivity index (χ2v) is 8.56. The predicted octanol–water partition coefficient (Wildman–Crippen LogP) is 4.30. The lowest BCUT2D eigenvalue weighted by molar-refractivity contribution is 0.0632. The average Bonchev–Trinajstić information content (AvgIpc) is 3.34. The van der Waals surface area contributed by atoms with Gasteiger partial charge in [0, 0.05) is 43.2 Å². The Kier molecular flexibility index (Phi) is 6.54. The van der Waals surface area contributed by atoms with E-state index in [-0.39, 0.29) is 23.5 Å². The third-order valence-corrected chi connectivity index (χ3v) is 6.18. The molecule has 2 heterocycles. The molecule has 0 N–H and O–H groups in total. The summed E-state index contributed by atoms with van der Waals surface area (Å²) in [6, 6.07) is 12.0. The largest absolute Gasteiger partial charge is 0.493 e. The summed E-state index contributed by atoms with van der Waals surface area (Å²) in [5, 5.41) is 0. The number of carbonyl (C=O) groups excluding carboxylic acids is 2. The van der Waals surface area contributed by atoms with E-state index in [0.717, 1.165) is 38.8 Å². The first-order chi connectivity index (χ1) is 15.0. The summed E-state index contributed by atoms with van der Waals surface area (Å²) < 4.78 is 19.9. The maximum Gasteiger partial charge on any atom is 0.253 e. The van der Waals surface area contributed by atoms with Gasteiger partial charge in [-0.1, -0.05) is 12.1 Å². The Morgan fingerprint density at radius 1 is 0.968 bits per heavy atom. The van der Waals surface area contributed by atoms with Crippen LogP contribution in [0.2, 0.25) is 0 Å². The minimum Gasteiger partial charge on any atom is -0.493 e. The van der Waals surface area contributed by atoms with Crippen LogP contribution in [-0.4, -0.2) is 54.4 Å². The fourth-order valence-corrected chi connectivity index (χ4v) is 4.33. The molecule has 5 nitrogen and oxygen atoms in total. The average molecular weight is 425 g/mol. The van der Waals surface area contributed by atoms with E-state index in [2.05, 4.69) is 0 Å². The van der Waals surface area contributed by atoms with Crippen molar-refractivity contribution < 1.29 is 18.7 Å². The summed E-state index contributed by atoms with van der Waals surface area (Å²) >= 11 is 0. The van der Waals surface area contributed by atoms with Crippen molar-refractivity contribution in [2.45, 2.75) is 32.6 Å². The first-order valence-corrected chi connectivity index (χ1v) is 11.1. The zero-order chi connectivity index (χ0) is 21.8. The van der Waals surface area contributed by atoms with Crippen LogP contribution < -0.4 is 4.74 Å². The Morgan fingerprint density at radius 3 is 2.45 bits per heavy atom. The fourth-order valence-electron chi connectivity index (χ4n) is 4.33. The number of ether oxygens (including phenoxy) is 1. The van der Waals surface area contributed by atoms with Gasteiger partial charge in [0.1, 0.15) is 11.6 Å². The Labute approximate surface area is 182 Å². The van der Waals surface area contributed by atoms with Crippen molar-refractivity contribution in [2.75, 3.05) is 32.8 Å². The van der Waals surface area contributed by atoms with Gasteiger partial charge in [-0.25, -0.2) is 4.39 Å². The molecule has 0 aliphatic carbocycles. The molecule has 2 aliphatic heterocycles. The Balaban J connectivity index is 1.34. The summed E-state index contributed by atoms with van der Waals surface area (Å²) in [7, 11) is 0. The van der Waals surface area contributed by atoms with Crippen LogP contribution in [0, 0.1) is 18.7 Å². The molecule has 2 saturated heterocycles. The Bertz CT molecular complexity index is 956. The lowest BCUT2D eigenvalue weighted by Gasteiger charge is -2.32. The highest BCUT2D eigenvalue weighted by atomic mass is 19.1. The summed E-state index contributed by atoms with van der Waals surface area (Å²) in [4.78, 5) is 29.1. The summed E-state index contributed by atoms with van der Waals surface area (Å²) in [5.74, 6) is 0.440. The molecule has 0 unspecified atom stereocenters. The molecule has 0 bridgehead atoms. The highest BCUT2D eigenvalue weighted by molar-refractivity contribution is 5.95. The van der Waals surface area contributed by atoms with Crippen molar-refractivity contribution in [3.8, 4) is 5.75 Å². The van der Waals surface area contributed by atoms with Gasteiger partial charge in [-0.2, -0.15) is 0 Å². The Morgan fingerprint density at radius 2 is 1.68 bits per heavy atom. The van der Waals surface area contributed by atoms with Crippen LogP contribution in [0.4, 0.5) is 4.39 Å². The van der Waals surface area contributed by atoms with Gasteiger partial charge in [0.15, 0.2) is 0 Å². The van der Waals surface area contributed by atoms with Crippen molar-refractivity contribution in [1.29, 1.82) is 0 Å². The first-order valence-electron chi connectivity index (χ1n) is 11.1. The standard InChI is InChI=1S/C25H29FN2O3/c1-18-9-10-21(15-23(18)26)25(30)28-13-5-6-19(16-28)17-31-22-8-4-7-20(14-22)24(29)27-11-2-3-12-27/h4,7-10,14-15,19H,2-3,5-6,11-13,16-17H2,1H3/t19-/m0/s1. The number of aryl methyl sites for hydroxylation is 1. The molecule has 0 saturated carbocycles. The molecule has 2 aromatic rings. The van der Waals surface area contributed by atoms with Crippen molar-refractivity contribution in [1.82, 2.24) is 9.80 Å². The van der Waals surface area contributed by atoms with Gasteiger partial charge in [0.05, 0.1) is 6.61 Å². The summed E-state index contributed by atoms with van der Waals surface area (Å²) in [5.41, 5.74) is 1.57. The van der Waals surface area contributed by atoms with Crippen LogP contribution in [0.25, 0.3) is 0 Å². The van der Waals surface area contributed by atoms with E-state index < -0.39 is 0 Å². The number of hydrogen-bond acceptors (Lipinski definition) is 3. The quantitative estimate of drug-likeness (QED) is 0.719. The molecule has 0 spiro atoms. The minimum absolute atomic E-state index is 0.0581. The van der Waals surface area contributed by atoms with Gasteiger partial charge in [-0.15, -0.1) is 0 Å². The molecule has 6 heteroatoms. The smallest absolute Gasteiger partial charge is 0.253 e. The van der Waals surface area contributed by atoms with Crippen molar-refractivity contribution in [2.24, 2.45) is 5.92 Å². The summed E-state index contributed by atoms with van der Waals surface area (Å²) in [6.07, 6.45) is 3.99. The number of piperidine rings is 1. The minimum atomic E-state index is -0.355. The number of carbonyl (C=O) groups is 2. The maximum absolute atomic E-state index is 13.9. The monoisotopic (exact) mass is 424 g/mol. The molecular formula is C25H29FN2O3. The van der Waals surface area contributed by atoms with Gasteiger partial charge in [0.25, 0.3) is 11.8 Å². The summed E-state index contributed by atoms with van der Waals surface area (Å²) in [6.45, 7) is 5.06. The second kappa shape index (κ2) is 9.50. The molecule has 2 aliphatic rings. The molecule has 0 aromatic heterocycles.